The van der Waals surface area contributed by atoms with Gasteiger partial charge in [-0.3, -0.25) is 0 Å². The molecule has 0 spiro atoms. The average molecular weight is 465 g/mol. The highest BCUT2D eigenvalue weighted by Crippen LogP contribution is 2.30. The molecule has 10 nitrogen and oxygen atoms in total. The Morgan fingerprint density at radius 1 is 1.12 bits per heavy atom. The first-order chi connectivity index (χ1) is 16.6. The average Bonchev–Trinajstić information content (AvgIpc) is 2.86. The van der Waals surface area contributed by atoms with E-state index in [0.29, 0.717) is 39.1 Å². The van der Waals surface area contributed by atoms with E-state index in [-0.39, 0.29) is 6.10 Å². The molecule has 0 bridgehead atoms. The van der Waals surface area contributed by atoms with Gasteiger partial charge in [-0.2, -0.15) is 0 Å². The van der Waals surface area contributed by atoms with E-state index in [1.165, 1.54) is 11.2 Å². The van der Waals surface area contributed by atoms with E-state index in [0.717, 1.165) is 52.6 Å². The lowest BCUT2D eigenvalue weighted by Gasteiger charge is -2.30. The van der Waals surface area contributed by atoms with Gasteiger partial charge in [-0.15, -0.1) is 0 Å². The fraction of sp³-hybridized carbons (Fsp3) is 0.417. The molecule has 1 aromatic carbocycles. The first-order valence-corrected chi connectivity index (χ1v) is 11.5. The summed E-state index contributed by atoms with van der Waals surface area (Å²) in [6.45, 7) is 6.02. The fourth-order valence-corrected chi connectivity index (χ4v) is 4.35. The molecule has 34 heavy (non-hydrogen) atoms. The monoisotopic (exact) mass is 464 g/mol. The second kappa shape index (κ2) is 9.68. The molecule has 1 amide bonds. The van der Waals surface area contributed by atoms with Crippen molar-refractivity contribution in [3.8, 4) is 5.75 Å². The number of hydrogen-bond acceptors (Lipinski definition) is 8. The highest BCUT2D eigenvalue weighted by Gasteiger charge is 2.24. The zero-order valence-corrected chi connectivity index (χ0v) is 19.1. The van der Waals surface area contributed by atoms with Gasteiger partial charge in [0.1, 0.15) is 29.8 Å². The molecule has 0 saturated carbocycles. The Bertz CT molecular complexity index is 1180. The van der Waals surface area contributed by atoms with Gasteiger partial charge in [0.2, 0.25) is 0 Å². The molecular formula is C24H28N6O4. The molecule has 5 rings (SSSR count). The van der Waals surface area contributed by atoms with Crippen LogP contribution in [0.2, 0.25) is 0 Å². The Balaban J connectivity index is 1.31. The van der Waals surface area contributed by atoms with E-state index in [4.69, 9.17) is 14.6 Å². The summed E-state index contributed by atoms with van der Waals surface area (Å²) in [7, 11) is 0. The van der Waals surface area contributed by atoms with Crippen LogP contribution in [-0.2, 0) is 4.74 Å². The molecule has 0 aliphatic carbocycles. The Kier molecular flexibility index (Phi) is 6.31. The van der Waals surface area contributed by atoms with E-state index in [1.54, 1.807) is 6.20 Å². The van der Waals surface area contributed by atoms with E-state index in [2.05, 4.69) is 25.2 Å². The number of benzene rings is 1. The van der Waals surface area contributed by atoms with Gasteiger partial charge in [-0.25, -0.2) is 19.7 Å². The maximum absolute atomic E-state index is 11.1. The quantitative estimate of drug-likeness (QED) is 0.586. The van der Waals surface area contributed by atoms with Gasteiger partial charge in [0, 0.05) is 50.1 Å². The number of pyridine rings is 1. The van der Waals surface area contributed by atoms with Crippen LogP contribution in [-0.4, -0.2) is 76.5 Å². The smallest absolute Gasteiger partial charge is 0.407 e. The molecule has 178 valence electrons. The number of nitrogens with one attached hydrogen (secondary N) is 1. The van der Waals surface area contributed by atoms with Crippen molar-refractivity contribution in [2.75, 3.05) is 49.6 Å². The number of carboxylic acid groups (broad SMARTS) is 1. The Morgan fingerprint density at radius 3 is 2.65 bits per heavy atom. The molecule has 2 aliphatic heterocycles. The lowest BCUT2D eigenvalue weighted by atomic mass is 10.1. The summed E-state index contributed by atoms with van der Waals surface area (Å²) in [5, 5.41) is 13.4. The number of carbonyl (C=O) groups is 1. The number of ether oxygens (including phenoxy) is 2. The summed E-state index contributed by atoms with van der Waals surface area (Å²) in [6, 6.07) is 7.97. The van der Waals surface area contributed by atoms with Crippen LogP contribution in [0.15, 0.2) is 36.8 Å². The molecular weight excluding hydrogens is 436 g/mol. The number of amides is 1. The van der Waals surface area contributed by atoms with E-state index >= 15 is 0 Å². The molecule has 2 N–H and O–H groups in total. The number of aryl methyl sites for hydroxylation is 1. The van der Waals surface area contributed by atoms with Crippen LogP contribution < -0.4 is 15.0 Å². The second-order valence-electron chi connectivity index (χ2n) is 8.57. The molecule has 2 aromatic heterocycles. The third-order valence-corrected chi connectivity index (χ3v) is 6.29. The highest BCUT2D eigenvalue weighted by atomic mass is 16.5. The van der Waals surface area contributed by atoms with E-state index < -0.39 is 6.09 Å². The zero-order valence-electron chi connectivity index (χ0n) is 19.1. The molecule has 10 heteroatoms. The minimum absolute atomic E-state index is 0.0185. The van der Waals surface area contributed by atoms with Crippen LogP contribution in [0, 0.1) is 6.92 Å². The third kappa shape index (κ3) is 4.81. The maximum Gasteiger partial charge on any atom is 0.407 e. The molecule has 0 atom stereocenters. The van der Waals surface area contributed by atoms with Crippen molar-refractivity contribution in [1.82, 2.24) is 19.9 Å². The van der Waals surface area contributed by atoms with Gasteiger partial charge in [0.05, 0.1) is 24.9 Å². The van der Waals surface area contributed by atoms with E-state index in [1.807, 2.05) is 31.2 Å². The summed E-state index contributed by atoms with van der Waals surface area (Å²) in [5.41, 5.74) is 2.67. The number of morpholine rings is 1. The lowest BCUT2D eigenvalue weighted by Crippen LogP contribution is -2.41. The number of hydrogen-bond donors (Lipinski definition) is 2. The molecule has 0 unspecified atom stereocenters. The predicted octanol–water partition coefficient (Wildman–Crippen LogP) is 3.43. The molecule has 2 aliphatic rings. The first kappa shape index (κ1) is 22.1. The standard InChI is InChI=1S/C24H28N6O4/c1-16-12-17(2-3-21(16)34-18-4-6-30(7-5-18)24(31)32)28-23-19-13-22(29-8-10-33-11-9-29)25-14-20(19)26-15-27-23/h2-3,12-15,18H,4-11H2,1H3,(H,31,32)(H,26,27,28). The summed E-state index contributed by atoms with van der Waals surface area (Å²) in [6.07, 6.45) is 3.86. The van der Waals surface area contributed by atoms with Crippen molar-refractivity contribution < 1.29 is 19.4 Å². The minimum atomic E-state index is -0.866. The molecule has 2 fully saturated rings. The zero-order chi connectivity index (χ0) is 23.5. The largest absolute Gasteiger partial charge is 0.490 e. The van der Waals surface area contributed by atoms with Gasteiger partial charge in [-0.05, 0) is 36.8 Å². The lowest BCUT2D eigenvalue weighted by molar-refractivity contribution is 0.0891. The van der Waals surface area contributed by atoms with Crippen LogP contribution in [0.1, 0.15) is 18.4 Å². The topological polar surface area (TPSA) is 113 Å². The van der Waals surface area contributed by atoms with Gasteiger partial charge in [0.25, 0.3) is 0 Å². The van der Waals surface area contributed by atoms with Gasteiger partial charge < -0.3 is 29.7 Å². The fourth-order valence-electron chi connectivity index (χ4n) is 4.35. The van der Waals surface area contributed by atoms with Gasteiger partial charge >= 0.3 is 6.09 Å². The molecule has 0 radical (unpaired) electrons. The predicted molar refractivity (Wildman–Crippen MR) is 128 cm³/mol. The Morgan fingerprint density at radius 2 is 1.91 bits per heavy atom. The number of nitrogens with zero attached hydrogens (tertiary/aromatic N) is 5. The maximum atomic E-state index is 11.1. The second-order valence-corrected chi connectivity index (χ2v) is 8.57. The van der Waals surface area contributed by atoms with Crippen LogP contribution in [0.25, 0.3) is 10.9 Å². The van der Waals surface area contributed by atoms with Gasteiger partial charge in [0.15, 0.2) is 0 Å². The van der Waals surface area contributed by atoms with Crippen LogP contribution in [0.4, 0.5) is 22.1 Å². The number of likely N-dealkylation sites (tertiary alicyclic amines) is 1. The number of piperidine rings is 1. The molecule has 3 aromatic rings. The van der Waals surface area contributed by atoms with Crippen molar-refractivity contribution >= 4 is 34.3 Å². The van der Waals surface area contributed by atoms with Crippen LogP contribution >= 0.6 is 0 Å². The van der Waals surface area contributed by atoms with Crippen molar-refractivity contribution in [3.63, 3.8) is 0 Å². The SMILES string of the molecule is Cc1cc(Nc2ncnc3cnc(N4CCOCC4)cc23)ccc1OC1CCN(C(=O)O)CC1. The van der Waals surface area contributed by atoms with Crippen molar-refractivity contribution in [2.45, 2.75) is 25.9 Å². The molecule has 4 heterocycles. The van der Waals surface area contributed by atoms with E-state index in [9.17, 15) is 4.79 Å². The van der Waals surface area contributed by atoms with Crippen molar-refractivity contribution in [3.05, 3.63) is 42.4 Å². The van der Waals surface area contributed by atoms with Gasteiger partial charge in [-0.1, -0.05) is 0 Å². The Labute approximate surface area is 197 Å². The number of fused-ring (bicyclic) bond motifs is 1. The Hall–Kier alpha value is -3.66. The first-order valence-electron chi connectivity index (χ1n) is 11.5. The van der Waals surface area contributed by atoms with Crippen LogP contribution in [0.3, 0.4) is 0 Å². The van der Waals surface area contributed by atoms with Crippen LogP contribution in [0.5, 0.6) is 5.75 Å². The summed E-state index contributed by atoms with van der Waals surface area (Å²) < 4.78 is 11.6. The summed E-state index contributed by atoms with van der Waals surface area (Å²) >= 11 is 0. The van der Waals surface area contributed by atoms with Crippen molar-refractivity contribution in [2.24, 2.45) is 0 Å². The minimum Gasteiger partial charge on any atom is -0.490 e. The molecule has 2 saturated heterocycles. The third-order valence-electron chi connectivity index (χ3n) is 6.29. The number of rotatable bonds is 5. The summed E-state index contributed by atoms with van der Waals surface area (Å²) in [5.74, 6) is 2.42. The van der Waals surface area contributed by atoms with Crippen molar-refractivity contribution in [1.29, 1.82) is 0 Å². The summed E-state index contributed by atoms with van der Waals surface area (Å²) in [4.78, 5) is 28.2. The number of aromatic nitrogens is 3. The highest BCUT2D eigenvalue weighted by molar-refractivity contribution is 5.91. The normalized spacial score (nSPS) is 17.1. The number of anilines is 3.